The van der Waals surface area contributed by atoms with E-state index in [4.69, 9.17) is 0 Å². The van der Waals surface area contributed by atoms with E-state index in [0.717, 1.165) is 12.8 Å². The Hall–Kier alpha value is -1.36. The van der Waals surface area contributed by atoms with E-state index in [0.29, 0.717) is 4.88 Å². The number of methoxy groups -OCH3 is 1. The third-order valence-electron chi connectivity index (χ3n) is 2.84. The fraction of sp³-hybridized carbons (Fsp3) is 0.500. The number of fused-ring (bicyclic) bond motifs is 1. The topological polar surface area (TPSA) is 55.4 Å². The Morgan fingerprint density at radius 2 is 2.18 bits per heavy atom. The molecule has 92 valence electrons. The molecule has 0 saturated heterocycles. The van der Waals surface area contributed by atoms with E-state index >= 15 is 0 Å². The molecule has 4 nitrogen and oxygen atoms in total. The van der Waals surface area contributed by atoms with Crippen LogP contribution in [0.4, 0.5) is 0 Å². The molecule has 0 bridgehead atoms. The van der Waals surface area contributed by atoms with E-state index in [-0.39, 0.29) is 12.5 Å². The molecule has 0 saturated carbocycles. The monoisotopic (exact) mass is 253 g/mol. The molecule has 1 aliphatic rings. The van der Waals surface area contributed by atoms with Gasteiger partial charge in [-0.2, -0.15) is 0 Å². The molecule has 0 radical (unpaired) electrons. The predicted octanol–water partition coefficient (Wildman–Crippen LogP) is 1.53. The lowest BCUT2D eigenvalue weighted by molar-refractivity contribution is -0.139. The summed E-state index contributed by atoms with van der Waals surface area (Å²) in [4.78, 5) is 24.7. The maximum Gasteiger partial charge on any atom is 0.325 e. The number of hydrogen-bond acceptors (Lipinski definition) is 4. The average Bonchev–Trinajstić information content (AvgIpc) is 2.79. The van der Waals surface area contributed by atoms with Gasteiger partial charge in [0, 0.05) is 4.88 Å². The lowest BCUT2D eigenvalue weighted by Crippen LogP contribution is -2.29. The molecule has 0 atom stereocenters. The summed E-state index contributed by atoms with van der Waals surface area (Å²) in [6.07, 6.45) is 4.55. The summed E-state index contributed by atoms with van der Waals surface area (Å²) in [5, 5.41) is 2.56. The molecule has 17 heavy (non-hydrogen) atoms. The first kappa shape index (κ1) is 12.1. The summed E-state index contributed by atoms with van der Waals surface area (Å²) in [7, 11) is 1.30. The van der Waals surface area contributed by atoms with Crippen molar-refractivity contribution in [2.45, 2.75) is 25.7 Å². The number of rotatable bonds is 3. The largest absolute Gasteiger partial charge is 0.468 e. The van der Waals surface area contributed by atoms with Crippen LogP contribution < -0.4 is 5.32 Å². The Morgan fingerprint density at radius 3 is 2.88 bits per heavy atom. The van der Waals surface area contributed by atoms with Crippen LogP contribution in [0, 0.1) is 0 Å². The molecule has 0 fully saturated rings. The van der Waals surface area contributed by atoms with Crippen molar-refractivity contribution in [2.24, 2.45) is 0 Å². The number of carbonyl (C=O) groups is 2. The normalized spacial score (nSPS) is 13.9. The molecular formula is C12H15NO3S. The molecular weight excluding hydrogens is 238 g/mol. The molecule has 0 aliphatic heterocycles. The van der Waals surface area contributed by atoms with E-state index in [9.17, 15) is 9.59 Å². The molecule has 1 N–H and O–H groups in total. The van der Waals surface area contributed by atoms with Gasteiger partial charge in [-0.25, -0.2) is 0 Å². The van der Waals surface area contributed by atoms with Crippen molar-refractivity contribution in [2.75, 3.05) is 13.7 Å². The molecule has 5 heteroatoms. The smallest absolute Gasteiger partial charge is 0.325 e. The molecule has 1 heterocycles. The van der Waals surface area contributed by atoms with Crippen molar-refractivity contribution in [1.29, 1.82) is 0 Å². The van der Waals surface area contributed by atoms with Gasteiger partial charge in [0.05, 0.1) is 12.0 Å². The SMILES string of the molecule is COC(=O)CNC(=O)c1cc2c(s1)CCCC2. The highest BCUT2D eigenvalue weighted by molar-refractivity contribution is 7.14. The zero-order valence-corrected chi connectivity index (χ0v) is 10.6. The lowest BCUT2D eigenvalue weighted by atomic mass is 9.99. The van der Waals surface area contributed by atoms with Gasteiger partial charge in [-0.3, -0.25) is 9.59 Å². The second-order valence-corrected chi connectivity index (χ2v) is 5.16. The van der Waals surface area contributed by atoms with Crippen molar-refractivity contribution in [3.8, 4) is 0 Å². The van der Waals surface area contributed by atoms with Gasteiger partial charge in [0.1, 0.15) is 6.54 Å². The third-order valence-corrected chi connectivity index (χ3v) is 4.08. The minimum absolute atomic E-state index is 0.0715. The van der Waals surface area contributed by atoms with Crippen LogP contribution in [-0.2, 0) is 22.4 Å². The minimum atomic E-state index is -0.431. The zero-order chi connectivity index (χ0) is 12.3. The van der Waals surface area contributed by atoms with Crippen molar-refractivity contribution < 1.29 is 14.3 Å². The van der Waals surface area contributed by atoms with E-state index < -0.39 is 5.97 Å². The van der Waals surface area contributed by atoms with E-state index in [1.165, 1.54) is 41.7 Å². The van der Waals surface area contributed by atoms with Crippen LogP contribution in [-0.4, -0.2) is 25.5 Å². The molecule has 0 unspecified atom stereocenters. The van der Waals surface area contributed by atoms with Crippen LogP contribution in [0.1, 0.15) is 33.0 Å². The molecule has 1 aliphatic carbocycles. The van der Waals surface area contributed by atoms with E-state index in [1.54, 1.807) is 0 Å². The van der Waals surface area contributed by atoms with Gasteiger partial charge in [0.15, 0.2) is 0 Å². The number of thiophene rings is 1. The first-order valence-corrected chi connectivity index (χ1v) is 6.49. The van der Waals surface area contributed by atoms with Crippen LogP contribution >= 0.6 is 11.3 Å². The molecule has 1 amide bonds. The Morgan fingerprint density at radius 1 is 1.41 bits per heavy atom. The molecule has 1 aromatic heterocycles. The quantitative estimate of drug-likeness (QED) is 0.831. The standard InChI is InChI=1S/C12H15NO3S/c1-16-11(14)7-13-12(15)10-6-8-4-2-3-5-9(8)17-10/h6H,2-5,7H2,1H3,(H,13,15). The van der Waals surface area contributed by atoms with Crippen LogP contribution in [0.3, 0.4) is 0 Å². The fourth-order valence-electron chi connectivity index (χ4n) is 1.91. The summed E-state index contributed by atoms with van der Waals surface area (Å²) in [5.74, 6) is -0.616. The molecule has 1 aromatic rings. The van der Waals surface area contributed by atoms with Crippen LogP contribution in [0.15, 0.2) is 6.07 Å². The molecule has 0 spiro atoms. The van der Waals surface area contributed by atoms with Gasteiger partial charge >= 0.3 is 5.97 Å². The number of hydrogen-bond donors (Lipinski definition) is 1. The predicted molar refractivity (Wildman–Crippen MR) is 65.3 cm³/mol. The van der Waals surface area contributed by atoms with Gasteiger partial charge < -0.3 is 10.1 Å². The first-order chi connectivity index (χ1) is 8.20. The third kappa shape index (κ3) is 2.85. The summed E-state index contributed by atoms with van der Waals surface area (Å²) in [6.45, 7) is -0.0715. The molecule has 2 rings (SSSR count). The van der Waals surface area contributed by atoms with E-state index in [1.807, 2.05) is 6.07 Å². The Bertz CT molecular complexity index is 415. The number of esters is 1. The Labute approximate surface area is 104 Å². The average molecular weight is 253 g/mol. The fourth-order valence-corrected chi connectivity index (χ4v) is 3.08. The highest BCUT2D eigenvalue weighted by atomic mass is 32.1. The number of ether oxygens (including phenoxy) is 1. The maximum absolute atomic E-state index is 11.8. The Balaban J connectivity index is 1.99. The van der Waals surface area contributed by atoms with Gasteiger partial charge in [0.2, 0.25) is 0 Å². The maximum atomic E-state index is 11.8. The lowest BCUT2D eigenvalue weighted by Gasteiger charge is -2.08. The van der Waals surface area contributed by atoms with Gasteiger partial charge in [0.25, 0.3) is 5.91 Å². The minimum Gasteiger partial charge on any atom is -0.468 e. The number of nitrogens with one attached hydrogen (secondary N) is 1. The Kier molecular flexibility index (Phi) is 3.78. The number of amides is 1. The summed E-state index contributed by atoms with van der Waals surface area (Å²) >= 11 is 1.54. The second kappa shape index (κ2) is 5.31. The van der Waals surface area contributed by atoms with Gasteiger partial charge in [-0.1, -0.05) is 0 Å². The molecule has 0 aromatic carbocycles. The first-order valence-electron chi connectivity index (χ1n) is 5.67. The van der Waals surface area contributed by atoms with Crippen LogP contribution in [0.5, 0.6) is 0 Å². The van der Waals surface area contributed by atoms with Gasteiger partial charge in [-0.05, 0) is 37.3 Å². The highest BCUT2D eigenvalue weighted by Crippen LogP contribution is 2.29. The van der Waals surface area contributed by atoms with Crippen molar-refractivity contribution in [1.82, 2.24) is 5.32 Å². The van der Waals surface area contributed by atoms with Crippen LogP contribution in [0.2, 0.25) is 0 Å². The van der Waals surface area contributed by atoms with Crippen molar-refractivity contribution in [3.63, 3.8) is 0 Å². The second-order valence-electron chi connectivity index (χ2n) is 4.02. The van der Waals surface area contributed by atoms with E-state index in [2.05, 4.69) is 10.1 Å². The summed E-state index contributed by atoms with van der Waals surface area (Å²) in [5.41, 5.74) is 1.30. The van der Waals surface area contributed by atoms with Crippen molar-refractivity contribution in [3.05, 3.63) is 21.4 Å². The van der Waals surface area contributed by atoms with Gasteiger partial charge in [-0.15, -0.1) is 11.3 Å². The van der Waals surface area contributed by atoms with Crippen LogP contribution in [0.25, 0.3) is 0 Å². The number of aryl methyl sites for hydroxylation is 2. The number of carbonyl (C=O) groups excluding carboxylic acids is 2. The summed E-state index contributed by atoms with van der Waals surface area (Å²) < 4.78 is 4.47. The van der Waals surface area contributed by atoms with Crippen molar-refractivity contribution >= 4 is 23.2 Å². The zero-order valence-electron chi connectivity index (χ0n) is 9.75. The summed E-state index contributed by atoms with van der Waals surface area (Å²) in [6, 6.07) is 1.95. The highest BCUT2D eigenvalue weighted by Gasteiger charge is 2.17.